The predicted octanol–water partition coefficient (Wildman–Crippen LogP) is 3.02. The summed E-state index contributed by atoms with van der Waals surface area (Å²) in [5.41, 5.74) is 5.00. The number of hydrogen-bond donors (Lipinski definition) is 2. The first-order valence-electron chi connectivity index (χ1n) is 6.07. The van der Waals surface area contributed by atoms with Crippen LogP contribution in [0.4, 0.5) is 8.78 Å². The molecular formula is C15H16F2N2. The van der Waals surface area contributed by atoms with Crippen molar-refractivity contribution < 1.29 is 8.78 Å². The van der Waals surface area contributed by atoms with E-state index in [4.69, 9.17) is 5.84 Å². The maximum absolute atomic E-state index is 13.8. The summed E-state index contributed by atoms with van der Waals surface area (Å²) in [4.78, 5) is 0. The summed E-state index contributed by atoms with van der Waals surface area (Å²) in [6.45, 7) is 1.90. The van der Waals surface area contributed by atoms with Crippen LogP contribution in [-0.2, 0) is 6.42 Å². The average molecular weight is 262 g/mol. The third kappa shape index (κ3) is 3.36. The second-order valence-electron chi connectivity index (χ2n) is 4.57. The molecule has 0 bridgehead atoms. The van der Waals surface area contributed by atoms with E-state index in [0.29, 0.717) is 12.0 Å². The summed E-state index contributed by atoms with van der Waals surface area (Å²) >= 11 is 0. The SMILES string of the molecule is Cc1ccc(F)c(C(Cc2ccc(F)cc2)NN)c1. The van der Waals surface area contributed by atoms with Gasteiger partial charge in [-0.25, -0.2) is 8.78 Å². The average Bonchev–Trinajstić information content (AvgIpc) is 2.41. The summed E-state index contributed by atoms with van der Waals surface area (Å²) in [6, 6.07) is 10.7. The number of benzene rings is 2. The Morgan fingerprint density at radius 1 is 1.11 bits per heavy atom. The van der Waals surface area contributed by atoms with E-state index in [9.17, 15) is 8.78 Å². The van der Waals surface area contributed by atoms with Crippen LogP contribution < -0.4 is 11.3 Å². The largest absolute Gasteiger partial charge is 0.271 e. The topological polar surface area (TPSA) is 38.0 Å². The van der Waals surface area contributed by atoms with Gasteiger partial charge in [0.1, 0.15) is 11.6 Å². The summed E-state index contributed by atoms with van der Waals surface area (Å²) in [6.07, 6.45) is 0.497. The second-order valence-corrected chi connectivity index (χ2v) is 4.57. The lowest BCUT2D eigenvalue weighted by Gasteiger charge is -2.17. The van der Waals surface area contributed by atoms with Gasteiger partial charge in [-0.15, -0.1) is 0 Å². The molecule has 1 atom stereocenters. The third-order valence-corrected chi connectivity index (χ3v) is 3.08. The molecule has 3 N–H and O–H groups in total. The molecule has 19 heavy (non-hydrogen) atoms. The van der Waals surface area contributed by atoms with E-state index in [1.807, 2.05) is 6.92 Å². The van der Waals surface area contributed by atoms with Crippen molar-refractivity contribution in [2.45, 2.75) is 19.4 Å². The highest BCUT2D eigenvalue weighted by atomic mass is 19.1. The van der Waals surface area contributed by atoms with Crippen molar-refractivity contribution in [3.05, 3.63) is 70.8 Å². The summed E-state index contributed by atoms with van der Waals surface area (Å²) in [5, 5.41) is 0. The highest BCUT2D eigenvalue weighted by Crippen LogP contribution is 2.22. The number of hydrogen-bond acceptors (Lipinski definition) is 2. The molecule has 2 nitrogen and oxygen atoms in total. The highest BCUT2D eigenvalue weighted by Gasteiger charge is 2.15. The molecule has 2 rings (SSSR count). The minimum Gasteiger partial charge on any atom is -0.271 e. The van der Waals surface area contributed by atoms with Gasteiger partial charge in [-0.3, -0.25) is 11.3 Å². The van der Waals surface area contributed by atoms with Gasteiger partial charge in [0.05, 0.1) is 6.04 Å². The second kappa shape index (κ2) is 5.91. The molecule has 2 aromatic carbocycles. The Morgan fingerprint density at radius 3 is 2.42 bits per heavy atom. The molecule has 100 valence electrons. The van der Waals surface area contributed by atoms with E-state index in [-0.39, 0.29) is 17.7 Å². The molecular weight excluding hydrogens is 246 g/mol. The van der Waals surface area contributed by atoms with Crippen LogP contribution >= 0.6 is 0 Å². The summed E-state index contributed by atoms with van der Waals surface area (Å²) < 4.78 is 26.7. The molecule has 2 aromatic rings. The fourth-order valence-electron chi connectivity index (χ4n) is 2.05. The number of aryl methyl sites for hydroxylation is 1. The lowest BCUT2D eigenvalue weighted by molar-refractivity contribution is 0.509. The predicted molar refractivity (Wildman–Crippen MR) is 71.3 cm³/mol. The van der Waals surface area contributed by atoms with Gasteiger partial charge in [0.2, 0.25) is 0 Å². The third-order valence-electron chi connectivity index (χ3n) is 3.08. The molecule has 0 spiro atoms. The van der Waals surface area contributed by atoms with Crippen LogP contribution in [0, 0.1) is 18.6 Å². The molecule has 0 aromatic heterocycles. The van der Waals surface area contributed by atoms with Gasteiger partial charge in [0, 0.05) is 5.56 Å². The van der Waals surface area contributed by atoms with Gasteiger partial charge in [-0.05, 0) is 37.1 Å². The molecule has 4 heteroatoms. The summed E-state index contributed by atoms with van der Waals surface area (Å²) in [7, 11) is 0. The number of halogens is 2. The Labute approximate surface area is 111 Å². The van der Waals surface area contributed by atoms with Gasteiger partial charge in [0.25, 0.3) is 0 Å². The van der Waals surface area contributed by atoms with Crippen molar-refractivity contribution in [2.75, 3.05) is 0 Å². The van der Waals surface area contributed by atoms with Crippen molar-refractivity contribution in [3.8, 4) is 0 Å². The Kier molecular flexibility index (Phi) is 4.24. The van der Waals surface area contributed by atoms with Crippen molar-refractivity contribution >= 4 is 0 Å². The minimum absolute atomic E-state index is 0.289. The fraction of sp³-hybridized carbons (Fsp3) is 0.200. The fourth-order valence-corrected chi connectivity index (χ4v) is 2.05. The van der Waals surface area contributed by atoms with E-state index >= 15 is 0 Å². The van der Waals surface area contributed by atoms with E-state index in [2.05, 4.69) is 5.43 Å². The smallest absolute Gasteiger partial charge is 0.128 e. The molecule has 0 amide bonds. The van der Waals surface area contributed by atoms with Crippen molar-refractivity contribution in [3.63, 3.8) is 0 Å². The molecule has 0 radical (unpaired) electrons. The van der Waals surface area contributed by atoms with Crippen molar-refractivity contribution in [2.24, 2.45) is 5.84 Å². The molecule has 0 aliphatic heterocycles. The molecule has 0 saturated carbocycles. The van der Waals surface area contributed by atoms with Crippen LogP contribution in [0.2, 0.25) is 0 Å². The molecule has 0 saturated heterocycles. The molecule has 1 unspecified atom stereocenters. The quantitative estimate of drug-likeness (QED) is 0.656. The molecule has 0 fully saturated rings. The lowest BCUT2D eigenvalue weighted by Crippen LogP contribution is -2.30. The van der Waals surface area contributed by atoms with Crippen LogP contribution in [0.1, 0.15) is 22.7 Å². The van der Waals surface area contributed by atoms with Gasteiger partial charge in [0.15, 0.2) is 0 Å². The van der Waals surface area contributed by atoms with Crippen LogP contribution in [-0.4, -0.2) is 0 Å². The maximum Gasteiger partial charge on any atom is 0.128 e. The van der Waals surface area contributed by atoms with E-state index in [0.717, 1.165) is 11.1 Å². The Morgan fingerprint density at radius 2 is 1.79 bits per heavy atom. The van der Waals surface area contributed by atoms with Crippen LogP contribution in [0.3, 0.4) is 0 Å². The highest BCUT2D eigenvalue weighted by molar-refractivity contribution is 5.29. The molecule has 0 aliphatic rings. The van der Waals surface area contributed by atoms with Crippen LogP contribution in [0.15, 0.2) is 42.5 Å². The normalized spacial score (nSPS) is 12.4. The van der Waals surface area contributed by atoms with Gasteiger partial charge in [-0.2, -0.15) is 0 Å². The number of hydrazine groups is 1. The lowest BCUT2D eigenvalue weighted by atomic mass is 9.97. The minimum atomic E-state index is -0.342. The standard InChI is InChI=1S/C15H16F2N2/c1-10-2-7-14(17)13(8-10)15(19-18)9-11-3-5-12(16)6-4-11/h2-8,15,19H,9,18H2,1H3. The Bertz CT molecular complexity index is 553. The first kappa shape index (κ1) is 13.6. The summed E-state index contributed by atoms with van der Waals surface area (Å²) in [5.74, 6) is 4.93. The van der Waals surface area contributed by atoms with E-state index in [1.54, 1.807) is 24.3 Å². The van der Waals surface area contributed by atoms with Gasteiger partial charge >= 0.3 is 0 Å². The molecule has 0 aliphatic carbocycles. The van der Waals surface area contributed by atoms with E-state index in [1.165, 1.54) is 18.2 Å². The maximum atomic E-state index is 13.8. The van der Waals surface area contributed by atoms with Crippen LogP contribution in [0.5, 0.6) is 0 Å². The first-order chi connectivity index (χ1) is 9.10. The first-order valence-corrected chi connectivity index (χ1v) is 6.07. The number of nitrogens with two attached hydrogens (primary N) is 1. The zero-order valence-electron chi connectivity index (χ0n) is 10.7. The van der Waals surface area contributed by atoms with Gasteiger partial charge in [-0.1, -0.05) is 29.8 Å². The number of nitrogens with one attached hydrogen (secondary N) is 1. The Balaban J connectivity index is 2.24. The zero-order chi connectivity index (χ0) is 13.8. The Hall–Kier alpha value is -1.78. The zero-order valence-corrected chi connectivity index (χ0v) is 10.7. The number of rotatable bonds is 4. The van der Waals surface area contributed by atoms with Crippen molar-refractivity contribution in [1.29, 1.82) is 0 Å². The van der Waals surface area contributed by atoms with E-state index < -0.39 is 0 Å². The monoisotopic (exact) mass is 262 g/mol. The van der Waals surface area contributed by atoms with Gasteiger partial charge < -0.3 is 0 Å². The molecule has 0 heterocycles. The van der Waals surface area contributed by atoms with Crippen LogP contribution in [0.25, 0.3) is 0 Å². The van der Waals surface area contributed by atoms with Crippen molar-refractivity contribution in [1.82, 2.24) is 5.43 Å².